The summed E-state index contributed by atoms with van der Waals surface area (Å²) in [5.41, 5.74) is 0.710. The third-order valence-electron chi connectivity index (χ3n) is 7.95. The molecule has 2 heteroatoms. The average Bonchev–Trinajstić information content (AvgIpc) is 2.78. The van der Waals surface area contributed by atoms with Gasteiger partial charge in [-0.25, -0.2) is 8.78 Å². The van der Waals surface area contributed by atoms with Gasteiger partial charge in [-0.3, -0.25) is 0 Å². The van der Waals surface area contributed by atoms with E-state index >= 15 is 0 Å². The summed E-state index contributed by atoms with van der Waals surface area (Å²) in [4.78, 5) is 0. The van der Waals surface area contributed by atoms with E-state index in [4.69, 9.17) is 0 Å². The number of unbranched alkanes of at least 4 members (excludes halogenated alkanes) is 2. The van der Waals surface area contributed by atoms with Gasteiger partial charge < -0.3 is 0 Å². The Labute approximate surface area is 189 Å². The highest BCUT2D eigenvalue weighted by molar-refractivity contribution is 5.39. The second kappa shape index (κ2) is 12.6. The zero-order valence-electron chi connectivity index (χ0n) is 19.8. The Balaban J connectivity index is 1.43. The van der Waals surface area contributed by atoms with E-state index in [-0.39, 0.29) is 5.56 Å². The highest BCUT2D eigenvalue weighted by atomic mass is 19.1. The molecule has 0 unspecified atom stereocenters. The molecule has 0 aromatic heterocycles. The van der Waals surface area contributed by atoms with Gasteiger partial charge in [0.05, 0.1) is 5.56 Å². The summed E-state index contributed by atoms with van der Waals surface area (Å²) in [6, 6.07) is 2.96. The SMILES string of the molecule is CCCCCc1cc(F)c(C#CC2CCC(CC[C@H]3CC[C@H](CC)CC3)CC2)c(F)c1. The number of rotatable bonds is 8. The predicted octanol–water partition coefficient (Wildman–Crippen LogP) is 8.85. The second-order valence-electron chi connectivity index (χ2n) is 10.3. The van der Waals surface area contributed by atoms with Crippen molar-refractivity contribution in [2.45, 2.75) is 110 Å². The molecular weight excluding hydrogens is 386 g/mol. The third-order valence-corrected chi connectivity index (χ3v) is 7.95. The van der Waals surface area contributed by atoms with Crippen LogP contribution in [-0.2, 0) is 6.42 Å². The standard InChI is InChI=1S/C29H42F2/c1-3-5-6-7-26-20-28(30)27(29(31)21-26)19-18-25-16-14-24(15-17-25)13-12-23-10-8-22(4-2)9-11-23/h20-25H,3-17H2,1-2H3/t22-,23-,24?,25?. The van der Waals surface area contributed by atoms with Crippen LogP contribution in [0.1, 0.15) is 115 Å². The lowest BCUT2D eigenvalue weighted by atomic mass is 9.75. The largest absolute Gasteiger partial charge is 0.206 e. The lowest BCUT2D eigenvalue weighted by molar-refractivity contribution is 0.225. The van der Waals surface area contributed by atoms with Crippen LogP contribution in [0.4, 0.5) is 8.78 Å². The molecule has 0 amide bonds. The van der Waals surface area contributed by atoms with Crippen molar-refractivity contribution < 1.29 is 8.78 Å². The maximum atomic E-state index is 14.4. The van der Waals surface area contributed by atoms with E-state index in [1.165, 1.54) is 69.9 Å². The fraction of sp³-hybridized carbons (Fsp3) is 0.724. The summed E-state index contributed by atoms with van der Waals surface area (Å²) >= 11 is 0. The molecule has 0 spiro atoms. The molecule has 1 aromatic rings. The van der Waals surface area contributed by atoms with Gasteiger partial charge in [0.1, 0.15) is 11.6 Å². The Morgan fingerprint density at radius 3 is 1.87 bits per heavy atom. The molecule has 2 aliphatic carbocycles. The maximum Gasteiger partial charge on any atom is 0.142 e. The molecule has 0 N–H and O–H groups in total. The first-order valence-corrected chi connectivity index (χ1v) is 13.1. The third kappa shape index (κ3) is 7.62. The monoisotopic (exact) mass is 428 g/mol. The summed E-state index contributed by atoms with van der Waals surface area (Å²) in [6.45, 7) is 4.46. The highest BCUT2D eigenvalue weighted by Gasteiger charge is 2.24. The molecule has 0 nitrogen and oxygen atoms in total. The van der Waals surface area contributed by atoms with Crippen LogP contribution in [0.5, 0.6) is 0 Å². The minimum absolute atomic E-state index is 0.0379. The zero-order chi connectivity index (χ0) is 22.1. The van der Waals surface area contributed by atoms with E-state index in [1.807, 2.05) is 0 Å². The van der Waals surface area contributed by atoms with Crippen LogP contribution >= 0.6 is 0 Å². The maximum absolute atomic E-state index is 14.4. The van der Waals surface area contributed by atoms with E-state index < -0.39 is 11.6 Å². The summed E-state index contributed by atoms with van der Waals surface area (Å²) < 4.78 is 28.8. The van der Waals surface area contributed by atoms with Crippen LogP contribution in [-0.4, -0.2) is 0 Å². The Bertz CT molecular complexity index is 702. The van der Waals surface area contributed by atoms with Crippen molar-refractivity contribution in [1.29, 1.82) is 0 Å². The van der Waals surface area contributed by atoms with E-state index in [0.717, 1.165) is 61.8 Å². The van der Waals surface area contributed by atoms with E-state index in [0.29, 0.717) is 5.92 Å². The predicted molar refractivity (Wildman–Crippen MR) is 127 cm³/mol. The van der Waals surface area contributed by atoms with E-state index in [1.54, 1.807) is 0 Å². The molecule has 31 heavy (non-hydrogen) atoms. The molecule has 0 aliphatic heterocycles. The molecule has 172 valence electrons. The van der Waals surface area contributed by atoms with Gasteiger partial charge in [-0.15, -0.1) is 0 Å². The van der Waals surface area contributed by atoms with Crippen molar-refractivity contribution in [3.63, 3.8) is 0 Å². The normalized spacial score (nSPS) is 26.3. The summed E-state index contributed by atoms with van der Waals surface area (Å²) in [7, 11) is 0. The molecule has 0 saturated heterocycles. The summed E-state index contributed by atoms with van der Waals surface area (Å²) in [5, 5.41) is 0. The van der Waals surface area contributed by atoms with Gasteiger partial charge in [-0.2, -0.15) is 0 Å². The molecule has 0 radical (unpaired) electrons. The topological polar surface area (TPSA) is 0 Å². The van der Waals surface area contributed by atoms with Gasteiger partial charge in [-0.1, -0.05) is 83.5 Å². The molecule has 0 bridgehead atoms. The molecule has 1 aromatic carbocycles. The quantitative estimate of drug-likeness (QED) is 0.286. The minimum atomic E-state index is -0.495. The number of halogens is 2. The number of aryl methyl sites for hydroxylation is 1. The summed E-state index contributed by atoms with van der Waals surface area (Å²) in [6.07, 6.45) is 18.4. The average molecular weight is 429 g/mol. The Hall–Kier alpha value is -1.36. The van der Waals surface area contributed by atoms with E-state index in [9.17, 15) is 8.78 Å². The van der Waals surface area contributed by atoms with Crippen molar-refractivity contribution in [3.05, 3.63) is 34.9 Å². The molecule has 2 aliphatic rings. The fourth-order valence-corrected chi connectivity index (χ4v) is 5.64. The Morgan fingerprint density at radius 1 is 0.774 bits per heavy atom. The summed E-state index contributed by atoms with van der Waals surface area (Å²) in [5.74, 6) is 8.12. The number of hydrogen-bond acceptors (Lipinski definition) is 0. The lowest BCUT2D eigenvalue weighted by Crippen LogP contribution is -2.17. The number of hydrogen-bond donors (Lipinski definition) is 0. The Morgan fingerprint density at radius 2 is 1.32 bits per heavy atom. The molecule has 3 rings (SSSR count). The molecular formula is C29H42F2. The molecule has 2 saturated carbocycles. The second-order valence-corrected chi connectivity index (χ2v) is 10.3. The lowest BCUT2D eigenvalue weighted by Gasteiger charge is -2.30. The van der Waals surface area contributed by atoms with Crippen molar-refractivity contribution in [3.8, 4) is 11.8 Å². The van der Waals surface area contributed by atoms with E-state index in [2.05, 4.69) is 25.7 Å². The molecule has 0 heterocycles. The smallest absolute Gasteiger partial charge is 0.142 e. The van der Waals surface area contributed by atoms with Gasteiger partial charge in [0.25, 0.3) is 0 Å². The highest BCUT2D eigenvalue weighted by Crippen LogP contribution is 2.37. The van der Waals surface area contributed by atoms with Crippen LogP contribution in [0, 0.1) is 47.1 Å². The first-order valence-electron chi connectivity index (χ1n) is 13.1. The van der Waals surface area contributed by atoms with Crippen LogP contribution in [0.25, 0.3) is 0 Å². The van der Waals surface area contributed by atoms with Crippen LogP contribution in [0.2, 0.25) is 0 Å². The van der Waals surface area contributed by atoms with Crippen LogP contribution in [0.3, 0.4) is 0 Å². The zero-order valence-corrected chi connectivity index (χ0v) is 19.8. The molecule has 2 fully saturated rings. The van der Waals surface area contributed by atoms with Crippen LogP contribution < -0.4 is 0 Å². The first-order chi connectivity index (χ1) is 15.1. The Kier molecular flexibility index (Phi) is 9.89. The molecule has 0 atom stereocenters. The van der Waals surface area contributed by atoms with Gasteiger partial charge in [0.2, 0.25) is 0 Å². The fourth-order valence-electron chi connectivity index (χ4n) is 5.64. The van der Waals surface area contributed by atoms with Crippen molar-refractivity contribution in [2.75, 3.05) is 0 Å². The van der Waals surface area contributed by atoms with Crippen LogP contribution in [0.15, 0.2) is 12.1 Å². The van der Waals surface area contributed by atoms with Gasteiger partial charge in [-0.05, 0) is 74.0 Å². The number of benzene rings is 1. The van der Waals surface area contributed by atoms with Crippen molar-refractivity contribution in [2.24, 2.45) is 23.7 Å². The van der Waals surface area contributed by atoms with Gasteiger partial charge >= 0.3 is 0 Å². The van der Waals surface area contributed by atoms with Gasteiger partial charge in [0.15, 0.2) is 0 Å². The minimum Gasteiger partial charge on any atom is -0.206 e. The van der Waals surface area contributed by atoms with Crippen molar-refractivity contribution in [1.82, 2.24) is 0 Å². The van der Waals surface area contributed by atoms with Crippen molar-refractivity contribution >= 4 is 0 Å². The van der Waals surface area contributed by atoms with Gasteiger partial charge in [0, 0.05) is 5.92 Å². The first kappa shape index (κ1) is 24.3.